The SMILES string of the molecule is C=C(Cl)C(C)/C=C\C=C/CC=N. The highest BCUT2D eigenvalue weighted by molar-refractivity contribution is 6.29. The zero-order chi connectivity index (χ0) is 9.40. The average molecular weight is 184 g/mol. The summed E-state index contributed by atoms with van der Waals surface area (Å²) in [6.07, 6.45) is 9.74. The van der Waals surface area contributed by atoms with E-state index >= 15 is 0 Å². The van der Waals surface area contributed by atoms with Gasteiger partial charge in [0.05, 0.1) is 0 Å². The van der Waals surface area contributed by atoms with Crippen LogP contribution in [0, 0.1) is 11.3 Å². The third kappa shape index (κ3) is 5.93. The number of hydrogen-bond donors (Lipinski definition) is 1. The number of hydrogen-bond acceptors (Lipinski definition) is 1. The van der Waals surface area contributed by atoms with E-state index < -0.39 is 0 Å². The van der Waals surface area contributed by atoms with Gasteiger partial charge >= 0.3 is 0 Å². The fourth-order valence-electron chi connectivity index (χ4n) is 0.560. The fraction of sp³-hybridized carbons (Fsp3) is 0.300. The summed E-state index contributed by atoms with van der Waals surface area (Å²) in [4.78, 5) is 0. The van der Waals surface area contributed by atoms with Crippen LogP contribution in [0.4, 0.5) is 0 Å². The fourth-order valence-corrected chi connectivity index (χ4v) is 0.633. The van der Waals surface area contributed by atoms with E-state index in [2.05, 4.69) is 6.58 Å². The Morgan fingerprint density at radius 1 is 1.58 bits per heavy atom. The van der Waals surface area contributed by atoms with Crippen LogP contribution in [0.1, 0.15) is 13.3 Å². The number of nitrogens with one attached hydrogen (secondary N) is 1. The summed E-state index contributed by atoms with van der Waals surface area (Å²) in [5, 5.41) is 7.40. The number of rotatable bonds is 5. The Kier molecular flexibility index (Phi) is 6.39. The van der Waals surface area contributed by atoms with Crippen LogP contribution in [0.5, 0.6) is 0 Å². The molecule has 0 saturated carbocycles. The first-order valence-corrected chi connectivity index (χ1v) is 4.23. The van der Waals surface area contributed by atoms with Crippen molar-refractivity contribution in [3.8, 4) is 0 Å². The smallest absolute Gasteiger partial charge is 0.0175 e. The molecule has 0 aromatic rings. The Morgan fingerprint density at radius 3 is 2.75 bits per heavy atom. The van der Waals surface area contributed by atoms with Gasteiger partial charge in [-0.1, -0.05) is 49.4 Å². The second kappa shape index (κ2) is 6.86. The van der Waals surface area contributed by atoms with Crippen molar-refractivity contribution in [3.05, 3.63) is 35.9 Å². The van der Waals surface area contributed by atoms with Gasteiger partial charge in [0.15, 0.2) is 0 Å². The summed E-state index contributed by atoms with van der Waals surface area (Å²) in [5.41, 5.74) is 0. The standard InChI is InChI=1S/C10H14ClN/c1-9(10(2)11)7-5-3-4-6-8-12/h3-5,7-9,12H,2,6H2,1H3/b4-3-,7-5-,12-8?. The Labute approximate surface area is 78.9 Å². The molecule has 0 radical (unpaired) electrons. The predicted molar refractivity (Wildman–Crippen MR) is 55.8 cm³/mol. The minimum Gasteiger partial charge on any atom is -0.313 e. The Bertz CT molecular complexity index is 204. The van der Waals surface area contributed by atoms with Gasteiger partial charge in [-0.25, -0.2) is 0 Å². The van der Waals surface area contributed by atoms with Crippen LogP contribution in [-0.4, -0.2) is 6.21 Å². The molecular weight excluding hydrogens is 170 g/mol. The van der Waals surface area contributed by atoms with E-state index in [1.165, 1.54) is 6.21 Å². The van der Waals surface area contributed by atoms with E-state index in [0.717, 1.165) is 0 Å². The molecule has 1 atom stereocenters. The van der Waals surface area contributed by atoms with Crippen molar-refractivity contribution in [2.45, 2.75) is 13.3 Å². The summed E-state index contributed by atoms with van der Waals surface area (Å²) in [5.74, 6) is 0.205. The largest absolute Gasteiger partial charge is 0.313 e. The topological polar surface area (TPSA) is 23.9 Å². The van der Waals surface area contributed by atoms with Crippen LogP contribution in [0.25, 0.3) is 0 Å². The van der Waals surface area contributed by atoms with E-state index in [-0.39, 0.29) is 5.92 Å². The van der Waals surface area contributed by atoms with Gasteiger partial charge in [-0.2, -0.15) is 0 Å². The molecule has 0 rings (SSSR count). The second-order valence-corrected chi connectivity index (χ2v) is 2.97. The molecular formula is C10H14ClN. The zero-order valence-corrected chi connectivity index (χ0v) is 8.01. The first-order chi connectivity index (χ1) is 5.68. The Balaban J connectivity index is 3.75. The Hall–Kier alpha value is -0.820. The van der Waals surface area contributed by atoms with E-state index in [1.54, 1.807) is 0 Å². The molecule has 0 aliphatic heterocycles. The summed E-state index contributed by atoms with van der Waals surface area (Å²) in [7, 11) is 0. The van der Waals surface area contributed by atoms with Crippen LogP contribution < -0.4 is 0 Å². The van der Waals surface area contributed by atoms with E-state index in [9.17, 15) is 0 Å². The monoisotopic (exact) mass is 183 g/mol. The quantitative estimate of drug-likeness (QED) is 0.498. The van der Waals surface area contributed by atoms with Crippen molar-refractivity contribution in [1.29, 1.82) is 5.41 Å². The van der Waals surface area contributed by atoms with Gasteiger partial charge < -0.3 is 5.41 Å². The minimum atomic E-state index is 0.205. The first-order valence-electron chi connectivity index (χ1n) is 3.85. The van der Waals surface area contributed by atoms with Crippen LogP contribution in [0.3, 0.4) is 0 Å². The van der Waals surface area contributed by atoms with Crippen LogP contribution in [0.15, 0.2) is 35.9 Å². The first kappa shape index (κ1) is 11.2. The molecule has 0 heterocycles. The molecule has 1 unspecified atom stereocenters. The van der Waals surface area contributed by atoms with E-state index in [1.807, 2.05) is 31.2 Å². The van der Waals surface area contributed by atoms with Crippen LogP contribution >= 0.6 is 11.6 Å². The van der Waals surface area contributed by atoms with E-state index in [0.29, 0.717) is 11.5 Å². The molecule has 0 aliphatic carbocycles. The van der Waals surface area contributed by atoms with Crippen molar-refractivity contribution in [1.82, 2.24) is 0 Å². The lowest BCUT2D eigenvalue weighted by atomic mass is 10.1. The van der Waals surface area contributed by atoms with Crippen molar-refractivity contribution in [2.75, 3.05) is 0 Å². The average Bonchev–Trinajstić information content (AvgIpc) is 2.03. The predicted octanol–water partition coefficient (Wildman–Crippen LogP) is 3.53. The van der Waals surface area contributed by atoms with Gasteiger partial charge in [0, 0.05) is 17.4 Å². The maximum Gasteiger partial charge on any atom is 0.0175 e. The molecule has 0 aromatic heterocycles. The van der Waals surface area contributed by atoms with Crippen LogP contribution in [0.2, 0.25) is 0 Å². The number of allylic oxidation sites excluding steroid dienone is 5. The van der Waals surface area contributed by atoms with Crippen molar-refractivity contribution in [3.63, 3.8) is 0 Å². The van der Waals surface area contributed by atoms with Gasteiger partial charge in [-0.15, -0.1) is 0 Å². The molecule has 1 nitrogen and oxygen atoms in total. The lowest BCUT2D eigenvalue weighted by Crippen LogP contribution is -1.85. The van der Waals surface area contributed by atoms with Gasteiger partial charge in [-0.3, -0.25) is 0 Å². The van der Waals surface area contributed by atoms with Crippen molar-refractivity contribution in [2.24, 2.45) is 5.92 Å². The van der Waals surface area contributed by atoms with Gasteiger partial charge in [0.1, 0.15) is 0 Å². The third-order valence-corrected chi connectivity index (χ3v) is 1.74. The van der Waals surface area contributed by atoms with Crippen molar-refractivity contribution >= 4 is 17.8 Å². The number of halogens is 1. The third-order valence-electron chi connectivity index (χ3n) is 1.39. The molecule has 0 aromatic carbocycles. The minimum absolute atomic E-state index is 0.205. The normalized spacial score (nSPS) is 13.8. The highest BCUT2D eigenvalue weighted by Gasteiger charge is 1.95. The zero-order valence-electron chi connectivity index (χ0n) is 7.26. The molecule has 66 valence electrons. The second-order valence-electron chi connectivity index (χ2n) is 2.49. The molecule has 12 heavy (non-hydrogen) atoms. The lowest BCUT2D eigenvalue weighted by molar-refractivity contribution is 0.922. The maximum absolute atomic E-state index is 6.76. The van der Waals surface area contributed by atoms with Gasteiger partial charge in [0.2, 0.25) is 0 Å². The maximum atomic E-state index is 6.76. The molecule has 0 fully saturated rings. The lowest BCUT2D eigenvalue weighted by Gasteiger charge is -1.99. The van der Waals surface area contributed by atoms with Gasteiger partial charge in [-0.05, 0) is 6.21 Å². The van der Waals surface area contributed by atoms with Gasteiger partial charge in [0.25, 0.3) is 0 Å². The van der Waals surface area contributed by atoms with Crippen molar-refractivity contribution < 1.29 is 0 Å². The highest BCUT2D eigenvalue weighted by Crippen LogP contribution is 2.13. The molecule has 1 N–H and O–H groups in total. The Morgan fingerprint density at radius 2 is 2.25 bits per heavy atom. The summed E-state index contributed by atoms with van der Waals surface area (Å²) >= 11 is 5.66. The molecule has 0 spiro atoms. The molecule has 0 bridgehead atoms. The molecule has 0 saturated heterocycles. The van der Waals surface area contributed by atoms with Crippen LogP contribution in [-0.2, 0) is 0 Å². The summed E-state index contributed by atoms with van der Waals surface area (Å²) in [6.45, 7) is 5.61. The molecule has 0 aliphatic rings. The summed E-state index contributed by atoms with van der Waals surface area (Å²) in [6, 6.07) is 0. The highest BCUT2D eigenvalue weighted by atomic mass is 35.5. The van der Waals surface area contributed by atoms with E-state index in [4.69, 9.17) is 17.0 Å². The molecule has 0 amide bonds. The molecule has 2 heteroatoms. The summed E-state index contributed by atoms with van der Waals surface area (Å²) < 4.78 is 0.